The fraction of sp³-hybridized carbons (Fsp3) is 0.318. The predicted octanol–water partition coefficient (Wildman–Crippen LogP) is 5.05. The number of hydrogen-bond acceptors (Lipinski definition) is 3. The minimum atomic E-state index is -5.08. The van der Waals surface area contributed by atoms with Crippen LogP contribution in [0.1, 0.15) is 28.9 Å². The van der Waals surface area contributed by atoms with Crippen molar-refractivity contribution in [3.63, 3.8) is 0 Å². The molecule has 0 saturated carbocycles. The highest BCUT2D eigenvalue weighted by Gasteiger charge is 2.66. The molecule has 1 amide bonds. The molecule has 2 aromatic carbocycles. The molecule has 0 fully saturated rings. The number of fused-ring (bicyclic) bond motifs is 3. The number of rotatable bonds is 4. The van der Waals surface area contributed by atoms with E-state index in [2.05, 4.69) is 4.98 Å². The highest BCUT2D eigenvalue weighted by molar-refractivity contribution is 6.36. The summed E-state index contributed by atoms with van der Waals surface area (Å²) in [6.45, 7) is 3.58. The monoisotopic (exact) mass is 483 g/mol. The van der Waals surface area contributed by atoms with Crippen molar-refractivity contribution in [2.24, 2.45) is 0 Å². The molecule has 5 nitrogen and oxygen atoms in total. The number of carbonyl (C=O) groups is 2. The first-order valence-electron chi connectivity index (χ1n) is 9.78. The number of nitrogens with zero attached hydrogens (tertiary/aromatic N) is 2. The van der Waals surface area contributed by atoms with Crippen molar-refractivity contribution in [3.05, 3.63) is 62.9 Å². The van der Waals surface area contributed by atoms with Crippen LogP contribution in [0.3, 0.4) is 0 Å². The van der Waals surface area contributed by atoms with Crippen LogP contribution in [0.15, 0.2) is 30.3 Å². The number of Topliss-reactive ketones (excluding diaryl/α,β-unsaturated/α-hetero) is 1. The normalized spacial score (nSPS) is 18.3. The smallest absolute Gasteiger partial charge is 0.319 e. The second-order valence-corrected chi connectivity index (χ2v) is 8.66. The molecule has 0 aliphatic carbocycles. The molecule has 3 aromatic rings. The Hall–Kier alpha value is -2.58. The first-order valence-corrected chi connectivity index (χ1v) is 10.5. The van der Waals surface area contributed by atoms with E-state index < -0.39 is 30.0 Å². The van der Waals surface area contributed by atoms with Crippen molar-refractivity contribution in [3.8, 4) is 0 Å². The highest BCUT2D eigenvalue weighted by Crippen LogP contribution is 2.43. The van der Waals surface area contributed by atoms with Gasteiger partial charge in [0.1, 0.15) is 5.82 Å². The average molecular weight is 484 g/mol. The van der Waals surface area contributed by atoms with Crippen LogP contribution in [0.5, 0.6) is 0 Å². The Labute approximate surface area is 191 Å². The van der Waals surface area contributed by atoms with Crippen LogP contribution in [0, 0.1) is 13.8 Å². The van der Waals surface area contributed by atoms with E-state index in [4.69, 9.17) is 23.2 Å². The molecule has 4 rings (SSSR count). The maximum atomic E-state index is 14.5. The zero-order valence-corrected chi connectivity index (χ0v) is 18.6. The van der Waals surface area contributed by atoms with Crippen molar-refractivity contribution in [1.82, 2.24) is 14.9 Å². The Kier molecular flexibility index (Phi) is 5.49. The van der Waals surface area contributed by atoms with Crippen LogP contribution in [-0.2, 0) is 28.1 Å². The van der Waals surface area contributed by atoms with Gasteiger partial charge in [-0.1, -0.05) is 29.3 Å². The lowest BCUT2D eigenvalue weighted by atomic mass is 10.0. The van der Waals surface area contributed by atoms with E-state index in [1.54, 1.807) is 37.3 Å². The Morgan fingerprint density at radius 3 is 2.44 bits per heavy atom. The Balaban J connectivity index is 1.74. The molecule has 32 heavy (non-hydrogen) atoms. The Morgan fingerprint density at radius 1 is 1.19 bits per heavy atom. The zero-order chi connectivity index (χ0) is 23.4. The molecule has 0 saturated heterocycles. The van der Waals surface area contributed by atoms with Gasteiger partial charge < -0.3 is 5.32 Å². The van der Waals surface area contributed by atoms with E-state index in [0.717, 1.165) is 15.7 Å². The molecule has 1 unspecified atom stereocenters. The van der Waals surface area contributed by atoms with Gasteiger partial charge in [0, 0.05) is 16.5 Å². The minimum absolute atomic E-state index is 0.0162. The molecule has 1 N–H and O–H groups in total. The lowest BCUT2D eigenvalue weighted by Crippen LogP contribution is -2.62. The van der Waals surface area contributed by atoms with E-state index >= 15 is 0 Å². The van der Waals surface area contributed by atoms with Gasteiger partial charge >= 0.3 is 6.18 Å². The summed E-state index contributed by atoms with van der Waals surface area (Å²) in [6, 6.07) is 8.00. The number of aromatic nitrogens is 2. The van der Waals surface area contributed by atoms with Gasteiger partial charge in [0.05, 0.1) is 17.5 Å². The van der Waals surface area contributed by atoms with Crippen molar-refractivity contribution in [2.45, 2.75) is 44.9 Å². The molecule has 1 aliphatic rings. The maximum Gasteiger partial charge on any atom is 0.438 e. The predicted molar refractivity (Wildman–Crippen MR) is 115 cm³/mol. The lowest BCUT2D eigenvalue weighted by Gasteiger charge is -2.33. The molecule has 2 heterocycles. The van der Waals surface area contributed by atoms with Gasteiger partial charge in [-0.2, -0.15) is 13.2 Å². The van der Waals surface area contributed by atoms with Gasteiger partial charge in [0.25, 0.3) is 5.66 Å². The molecule has 0 radical (unpaired) electrons. The fourth-order valence-corrected chi connectivity index (χ4v) is 4.61. The topological polar surface area (TPSA) is 64.0 Å². The number of aryl methyl sites for hydroxylation is 2. The van der Waals surface area contributed by atoms with Crippen molar-refractivity contribution in [2.75, 3.05) is 0 Å². The van der Waals surface area contributed by atoms with Gasteiger partial charge in [-0.3, -0.25) is 14.2 Å². The number of halogens is 5. The van der Waals surface area contributed by atoms with Crippen molar-refractivity contribution in [1.29, 1.82) is 0 Å². The van der Waals surface area contributed by atoms with Crippen molar-refractivity contribution >= 4 is 45.9 Å². The van der Waals surface area contributed by atoms with E-state index in [1.165, 1.54) is 0 Å². The largest absolute Gasteiger partial charge is 0.438 e. The number of ketones is 1. The first-order chi connectivity index (χ1) is 15.0. The summed E-state index contributed by atoms with van der Waals surface area (Å²) in [4.78, 5) is 29.7. The standard InChI is InChI=1S/C22H18Cl2F3N3O2/c1-11-8-16-17(9-12(11)2)30-19(28-16)10-18(31)21(30,22(25,26)27)29-20(32)7-6-13-14(23)4-3-5-15(13)24/h3-5,8-9H,6-7,10H2,1-2H3,(H,29,32). The highest BCUT2D eigenvalue weighted by atomic mass is 35.5. The molecule has 10 heteroatoms. The number of carbonyl (C=O) groups excluding carboxylic acids is 2. The maximum absolute atomic E-state index is 14.5. The molecule has 0 spiro atoms. The van der Waals surface area contributed by atoms with E-state index in [-0.39, 0.29) is 24.2 Å². The number of nitrogens with one attached hydrogen (secondary N) is 1. The molecule has 168 valence electrons. The van der Waals surface area contributed by atoms with E-state index in [1.807, 2.05) is 12.2 Å². The van der Waals surface area contributed by atoms with Crippen LogP contribution in [0.4, 0.5) is 13.2 Å². The zero-order valence-electron chi connectivity index (χ0n) is 17.1. The van der Waals surface area contributed by atoms with Crippen LogP contribution in [0.2, 0.25) is 10.0 Å². The summed E-state index contributed by atoms with van der Waals surface area (Å²) in [5, 5.41) is 2.60. The molecule has 1 atom stereocenters. The summed E-state index contributed by atoms with van der Waals surface area (Å²) in [7, 11) is 0. The van der Waals surface area contributed by atoms with Crippen LogP contribution < -0.4 is 5.32 Å². The molecular weight excluding hydrogens is 466 g/mol. The van der Waals surface area contributed by atoms with Gasteiger partial charge in [-0.05, 0) is 61.2 Å². The van der Waals surface area contributed by atoms with Crippen LogP contribution in [0.25, 0.3) is 11.0 Å². The summed E-state index contributed by atoms with van der Waals surface area (Å²) >= 11 is 12.2. The molecule has 1 aromatic heterocycles. The van der Waals surface area contributed by atoms with Gasteiger partial charge in [-0.25, -0.2) is 4.98 Å². The third-order valence-corrected chi connectivity index (χ3v) is 6.50. The number of hydrogen-bond donors (Lipinski definition) is 1. The fourth-order valence-electron chi connectivity index (χ4n) is 4.03. The third-order valence-electron chi connectivity index (χ3n) is 5.79. The number of benzene rings is 2. The van der Waals surface area contributed by atoms with Crippen LogP contribution in [-0.4, -0.2) is 27.4 Å². The van der Waals surface area contributed by atoms with Crippen LogP contribution >= 0.6 is 23.2 Å². The molecule has 0 bridgehead atoms. The third kappa shape index (κ3) is 3.46. The first kappa shape index (κ1) is 22.6. The SMILES string of the molecule is Cc1cc2nc3n(c2cc1C)C(NC(=O)CCc1c(Cl)cccc1Cl)(C(F)(F)F)C(=O)C3. The van der Waals surface area contributed by atoms with Gasteiger partial charge in [0.15, 0.2) is 5.78 Å². The van der Waals surface area contributed by atoms with Gasteiger partial charge in [-0.15, -0.1) is 0 Å². The van der Waals surface area contributed by atoms with E-state index in [0.29, 0.717) is 21.1 Å². The quantitative estimate of drug-likeness (QED) is 0.564. The Bertz CT molecular complexity index is 1250. The minimum Gasteiger partial charge on any atom is -0.319 e. The summed E-state index contributed by atoms with van der Waals surface area (Å²) in [5.41, 5.74) is -0.693. The Morgan fingerprint density at radius 2 is 1.81 bits per heavy atom. The number of alkyl halides is 3. The van der Waals surface area contributed by atoms with Gasteiger partial charge in [0.2, 0.25) is 5.91 Å². The second kappa shape index (κ2) is 7.78. The lowest BCUT2D eigenvalue weighted by molar-refractivity contribution is -0.218. The molecule has 1 aliphatic heterocycles. The van der Waals surface area contributed by atoms with E-state index in [9.17, 15) is 22.8 Å². The summed E-state index contributed by atoms with van der Waals surface area (Å²) in [6.07, 6.45) is -5.95. The second-order valence-electron chi connectivity index (χ2n) is 7.85. The summed E-state index contributed by atoms with van der Waals surface area (Å²) in [5.74, 6) is -2.18. The number of amides is 1. The summed E-state index contributed by atoms with van der Waals surface area (Å²) < 4.78 is 44.2. The average Bonchev–Trinajstić information content (AvgIpc) is 3.15. The number of imidazole rings is 1. The molecular formula is C22H18Cl2F3N3O2. The van der Waals surface area contributed by atoms with Crippen molar-refractivity contribution < 1.29 is 22.8 Å².